The Morgan fingerprint density at radius 2 is 1.74 bits per heavy atom. The number of benzene rings is 2. The van der Waals surface area contributed by atoms with Crippen LogP contribution in [0.2, 0.25) is 5.02 Å². The smallest absolute Gasteiger partial charge is 0.253 e. The van der Waals surface area contributed by atoms with E-state index in [1.54, 1.807) is 12.4 Å². The van der Waals surface area contributed by atoms with Crippen molar-refractivity contribution in [2.75, 3.05) is 18.8 Å². The van der Waals surface area contributed by atoms with Gasteiger partial charge in [0, 0.05) is 52.8 Å². The van der Waals surface area contributed by atoms with E-state index >= 15 is 0 Å². The second kappa shape index (κ2) is 10.1. The Balaban J connectivity index is 1.17. The van der Waals surface area contributed by atoms with Crippen molar-refractivity contribution in [2.24, 2.45) is 0 Å². The molecule has 8 nitrogen and oxygen atoms in total. The molecule has 4 heterocycles. The van der Waals surface area contributed by atoms with E-state index in [9.17, 15) is 4.79 Å². The molecule has 3 aromatic heterocycles. The lowest BCUT2D eigenvalue weighted by molar-refractivity contribution is 0.0690. The monoisotopic (exact) mass is 524 g/mol. The normalized spacial score (nSPS) is 14.1. The van der Waals surface area contributed by atoms with Crippen molar-refractivity contribution in [3.8, 4) is 33.9 Å². The van der Waals surface area contributed by atoms with Gasteiger partial charge in [0.1, 0.15) is 5.82 Å². The van der Waals surface area contributed by atoms with Crippen LogP contribution < -0.4 is 5.73 Å². The number of anilines is 1. The summed E-state index contributed by atoms with van der Waals surface area (Å²) in [5, 5.41) is 5.24. The Hall–Kier alpha value is -4.43. The highest BCUT2D eigenvalue weighted by Gasteiger charge is 2.25. The van der Waals surface area contributed by atoms with Gasteiger partial charge in [0.2, 0.25) is 5.89 Å². The average molecular weight is 525 g/mol. The van der Waals surface area contributed by atoms with E-state index < -0.39 is 0 Å². The lowest BCUT2D eigenvalue weighted by Gasteiger charge is -2.32. The Labute approximate surface area is 224 Å². The summed E-state index contributed by atoms with van der Waals surface area (Å²) in [5.41, 5.74) is 10.1. The van der Waals surface area contributed by atoms with E-state index in [1.807, 2.05) is 82.6 Å². The second-order valence-corrected chi connectivity index (χ2v) is 9.73. The highest BCUT2D eigenvalue weighted by molar-refractivity contribution is 6.30. The molecular weight excluding hydrogens is 500 g/mol. The van der Waals surface area contributed by atoms with Crippen molar-refractivity contribution in [2.45, 2.75) is 18.9 Å². The zero-order valence-electron chi connectivity index (χ0n) is 20.5. The molecule has 38 heavy (non-hydrogen) atoms. The number of rotatable bonds is 5. The van der Waals surface area contributed by atoms with Gasteiger partial charge < -0.3 is 15.1 Å². The van der Waals surface area contributed by atoms with Crippen molar-refractivity contribution in [3.05, 3.63) is 96.0 Å². The fourth-order valence-electron chi connectivity index (χ4n) is 4.76. The number of hydrogen-bond acceptors (Lipinski definition) is 6. The molecule has 1 amide bonds. The molecule has 5 aromatic rings. The first kappa shape index (κ1) is 23.9. The summed E-state index contributed by atoms with van der Waals surface area (Å²) >= 11 is 6.12. The summed E-state index contributed by atoms with van der Waals surface area (Å²) in [6, 6.07) is 19.0. The maximum Gasteiger partial charge on any atom is 0.253 e. The molecule has 0 atom stereocenters. The van der Waals surface area contributed by atoms with Gasteiger partial charge in [-0.25, -0.2) is 9.97 Å². The van der Waals surface area contributed by atoms with Crippen molar-refractivity contribution in [1.29, 1.82) is 0 Å². The summed E-state index contributed by atoms with van der Waals surface area (Å²) in [6.45, 7) is 1.39. The third-order valence-corrected chi connectivity index (χ3v) is 7.08. The number of nitrogens with two attached hydrogens (primary N) is 1. The van der Waals surface area contributed by atoms with E-state index in [-0.39, 0.29) is 11.9 Å². The van der Waals surface area contributed by atoms with Crippen LogP contribution in [0.3, 0.4) is 0 Å². The van der Waals surface area contributed by atoms with Crippen molar-refractivity contribution in [3.63, 3.8) is 0 Å². The molecule has 0 bridgehead atoms. The molecule has 0 unspecified atom stereocenters. The van der Waals surface area contributed by atoms with Gasteiger partial charge in [0.05, 0.1) is 24.0 Å². The van der Waals surface area contributed by atoms with Crippen molar-refractivity contribution in [1.82, 2.24) is 24.6 Å². The van der Waals surface area contributed by atoms with Crippen molar-refractivity contribution >= 4 is 23.3 Å². The van der Waals surface area contributed by atoms with Gasteiger partial charge in [0.25, 0.3) is 5.91 Å². The minimum absolute atomic E-state index is 0.0794. The molecule has 1 fully saturated rings. The topological polar surface area (TPSA) is 103 Å². The SMILES string of the molecule is Nc1ncc(-c2cnn(C3CCN(C(=O)c4ccccc4)CC3)c2)cc1-c1ncc(-c2cccc(Cl)c2)o1. The van der Waals surface area contributed by atoms with E-state index in [0.717, 1.165) is 35.1 Å². The summed E-state index contributed by atoms with van der Waals surface area (Å²) < 4.78 is 7.99. The first-order valence-electron chi connectivity index (χ1n) is 12.4. The Morgan fingerprint density at radius 3 is 2.53 bits per heavy atom. The van der Waals surface area contributed by atoms with E-state index in [1.165, 1.54) is 0 Å². The zero-order valence-corrected chi connectivity index (χ0v) is 21.3. The predicted octanol–water partition coefficient (Wildman–Crippen LogP) is 5.98. The second-order valence-electron chi connectivity index (χ2n) is 9.30. The lowest BCUT2D eigenvalue weighted by Crippen LogP contribution is -2.39. The van der Waals surface area contributed by atoms with Crippen LogP contribution in [-0.2, 0) is 0 Å². The fraction of sp³-hybridized carbons (Fsp3) is 0.172. The van der Waals surface area contributed by atoms with Gasteiger partial charge in [-0.2, -0.15) is 5.10 Å². The molecule has 2 N–H and O–H groups in total. The minimum Gasteiger partial charge on any atom is -0.436 e. The number of nitrogen functional groups attached to an aromatic ring is 1. The number of likely N-dealkylation sites (tertiary alicyclic amines) is 1. The molecular formula is C29H25ClN6O2. The maximum atomic E-state index is 12.8. The van der Waals surface area contributed by atoms with Crippen LogP contribution in [0.5, 0.6) is 0 Å². The number of piperidine rings is 1. The number of nitrogens with zero attached hydrogens (tertiary/aromatic N) is 5. The number of carbonyl (C=O) groups excluding carboxylic acids is 1. The molecule has 0 radical (unpaired) electrons. The highest BCUT2D eigenvalue weighted by atomic mass is 35.5. The van der Waals surface area contributed by atoms with Gasteiger partial charge in [-0.15, -0.1) is 0 Å². The van der Waals surface area contributed by atoms with Crippen LogP contribution in [-0.4, -0.2) is 43.6 Å². The Morgan fingerprint density at radius 1 is 0.921 bits per heavy atom. The number of amides is 1. The number of oxazole rings is 1. The van der Waals surface area contributed by atoms with Crippen LogP contribution in [0.15, 0.2) is 89.9 Å². The summed E-state index contributed by atoms with van der Waals surface area (Å²) in [5.74, 6) is 1.39. The molecule has 9 heteroatoms. The largest absolute Gasteiger partial charge is 0.436 e. The predicted molar refractivity (Wildman–Crippen MR) is 146 cm³/mol. The van der Waals surface area contributed by atoms with Gasteiger partial charge in [-0.3, -0.25) is 9.48 Å². The Bertz CT molecular complexity index is 1590. The molecule has 1 saturated heterocycles. The molecule has 0 aliphatic carbocycles. The number of pyridine rings is 1. The molecule has 1 aliphatic heterocycles. The molecule has 2 aromatic carbocycles. The number of aromatic nitrogens is 4. The Kier molecular flexibility index (Phi) is 6.39. The van der Waals surface area contributed by atoms with E-state index in [4.69, 9.17) is 21.8 Å². The third-order valence-electron chi connectivity index (χ3n) is 6.85. The van der Waals surface area contributed by atoms with E-state index in [2.05, 4.69) is 15.1 Å². The number of halogens is 1. The highest BCUT2D eigenvalue weighted by Crippen LogP contribution is 2.33. The quantitative estimate of drug-likeness (QED) is 0.303. The molecule has 1 aliphatic rings. The fourth-order valence-corrected chi connectivity index (χ4v) is 4.95. The maximum absolute atomic E-state index is 12.8. The zero-order chi connectivity index (χ0) is 26.1. The summed E-state index contributed by atoms with van der Waals surface area (Å²) in [6.07, 6.45) is 8.90. The first-order chi connectivity index (χ1) is 18.5. The van der Waals surface area contributed by atoms with Crippen LogP contribution in [0.4, 0.5) is 5.82 Å². The molecule has 0 spiro atoms. The average Bonchev–Trinajstić information content (AvgIpc) is 3.65. The number of carbonyl (C=O) groups is 1. The van der Waals surface area contributed by atoms with Crippen LogP contribution in [0.1, 0.15) is 29.2 Å². The molecule has 190 valence electrons. The minimum atomic E-state index is 0.0794. The molecule has 0 saturated carbocycles. The van der Waals surface area contributed by atoms with Gasteiger partial charge >= 0.3 is 0 Å². The van der Waals surface area contributed by atoms with Crippen LogP contribution in [0, 0.1) is 0 Å². The third kappa shape index (κ3) is 4.78. The molecule has 6 rings (SSSR count). The first-order valence-corrected chi connectivity index (χ1v) is 12.8. The van der Waals surface area contributed by atoms with Crippen LogP contribution in [0.25, 0.3) is 33.9 Å². The van der Waals surface area contributed by atoms with Gasteiger partial charge in [-0.05, 0) is 43.2 Å². The van der Waals surface area contributed by atoms with Crippen molar-refractivity contribution < 1.29 is 9.21 Å². The number of hydrogen-bond donors (Lipinski definition) is 1. The standard InChI is InChI=1S/C29H25ClN6O2/c30-23-8-4-7-20(13-23)26-17-33-28(38-26)25-14-21(15-32-27(25)31)22-16-34-36(18-22)24-9-11-35(12-10-24)29(37)19-5-2-1-3-6-19/h1-8,13-18,24H,9-12H2,(H2,31,32). The summed E-state index contributed by atoms with van der Waals surface area (Å²) in [4.78, 5) is 23.5. The van der Waals surface area contributed by atoms with E-state index in [0.29, 0.717) is 41.1 Å². The lowest BCUT2D eigenvalue weighted by atomic mass is 10.0. The van der Waals surface area contributed by atoms with Gasteiger partial charge in [-0.1, -0.05) is 41.9 Å². The van der Waals surface area contributed by atoms with Crippen LogP contribution >= 0.6 is 11.6 Å². The van der Waals surface area contributed by atoms with Gasteiger partial charge in [0.15, 0.2) is 5.76 Å². The summed E-state index contributed by atoms with van der Waals surface area (Å²) in [7, 11) is 0.